The van der Waals surface area contributed by atoms with E-state index in [2.05, 4.69) is 4.98 Å². The zero-order valence-electron chi connectivity index (χ0n) is 24.9. The van der Waals surface area contributed by atoms with Gasteiger partial charge in [0.25, 0.3) is 5.91 Å². The molecule has 1 aromatic heterocycles. The van der Waals surface area contributed by atoms with Crippen LogP contribution in [0.1, 0.15) is 49.5 Å². The number of amides is 1. The number of nitrogen functional groups attached to an aromatic ring is 1. The maximum absolute atomic E-state index is 13.1. The SMILES string of the molecule is CC(C)c1ccc(S(=O)(=O)O)nc1.COc1ccccc1Oc1c(N)cc(C(=O)N2CC(C)OC(C)C2)cc1OCCO. The molecule has 1 amide bonds. The maximum Gasteiger partial charge on any atom is 0.312 e. The van der Waals surface area contributed by atoms with E-state index in [1.807, 2.05) is 33.8 Å². The summed E-state index contributed by atoms with van der Waals surface area (Å²) in [6, 6.07) is 13.2. The molecule has 2 atom stereocenters. The van der Waals surface area contributed by atoms with Crippen molar-refractivity contribution in [3.63, 3.8) is 0 Å². The third-order valence-electron chi connectivity index (χ3n) is 6.36. The van der Waals surface area contributed by atoms with E-state index >= 15 is 0 Å². The number of morpholine rings is 1. The van der Waals surface area contributed by atoms with E-state index < -0.39 is 10.1 Å². The van der Waals surface area contributed by atoms with E-state index in [1.54, 1.807) is 48.4 Å². The van der Waals surface area contributed by atoms with Crippen LogP contribution < -0.4 is 19.9 Å². The highest BCUT2D eigenvalue weighted by molar-refractivity contribution is 7.85. The van der Waals surface area contributed by atoms with Crippen LogP contribution >= 0.6 is 0 Å². The molecule has 1 fully saturated rings. The van der Waals surface area contributed by atoms with Crippen molar-refractivity contribution in [2.75, 3.05) is 39.1 Å². The molecule has 2 unspecified atom stereocenters. The molecular formula is C30H39N3O9S. The number of carbonyl (C=O) groups excluding carboxylic acids is 1. The van der Waals surface area contributed by atoms with Gasteiger partial charge in [0.1, 0.15) is 6.61 Å². The molecule has 2 heterocycles. The Bertz CT molecular complexity index is 1470. The Kier molecular flexibility index (Phi) is 11.7. The number of benzene rings is 2. The van der Waals surface area contributed by atoms with Gasteiger partial charge in [-0.3, -0.25) is 9.35 Å². The van der Waals surface area contributed by atoms with Gasteiger partial charge in [-0.15, -0.1) is 0 Å². The molecule has 43 heavy (non-hydrogen) atoms. The first-order valence-electron chi connectivity index (χ1n) is 13.7. The Labute approximate surface area is 252 Å². The smallest absolute Gasteiger partial charge is 0.312 e. The lowest BCUT2D eigenvalue weighted by molar-refractivity contribution is -0.0586. The molecule has 2 aromatic carbocycles. The van der Waals surface area contributed by atoms with Gasteiger partial charge in [0.2, 0.25) is 0 Å². The van der Waals surface area contributed by atoms with Gasteiger partial charge < -0.3 is 34.7 Å². The molecule has 0 aliphatic carbocycles. The number of hydrogen-bond acceptors (Lipinski definition) is 10. The minimum Gasteiger partial charge on any atom is -0.493 e. The van der Waals surface area contributed by atoms with Crippen LogP contribution in [-0.2, 0) is 14.9 Å². The minimum atomic E-state index is -4.16. The predicted octanol–water partition coefficient (Wildman–Crippen LogP) is 4.14. The first-order chi connectivity index (χ1) is 20.3. The number of carbonyl (C=O) groups is 1. The molecule has 1 aliphatic heterocycles. The second kappa shape index (κ2) is 15.0. The van der Waals surface area contributed by atoms with Gasteiger partial charge in [0, 0.05) is 24.8 Å². The van der Waals surface area contributed by atoms with Gasteiger partial charge in [-0.2, -0.15) is 8.42 Å². The van der Waals surface area contributed by atoms with Crippen LogP contribution in [0, 0.1) is 0 Å². The highest BCUT2D eigenvalue weighted by Gasteiger charge is 2.28. The first kappa shape index (κ1) is 33.6. The topological polar surface area (TPSA) is 171 Å². The molecule has 0 radical (unpaired) electrons. The van der Waals surface area contributed by atoms with Crippen molar-refractivity contribution in [3.8, 4) is 23.0 Å². The third-order valence-corrected chi connectivity index (χ3v) is 7.13. The van der Waals surface area contributed by atoms with Crippen LogP contribution in [0.3, 0.4) is 0 Å². The molecule has 3 aromatic rings. The number of rotatable bonds is 9. The second-order valence-electron chi connectivity index (χ2n) is 10.2. The number of nitrogens with two attached hydrogens (primary N) is 1. The molecule has 1 aliphatic rings. The van der Waals surface area contributed by atoms with Crippen LogP contribution in [0.25, 0.3) is 0 Å². The standard InChI is InChI=1S/C22H28N2O6.C8H11NO3S/c1-14-12-24(13-15(2)29-14)22(26)16-10-17(23)21(20(11-16)28-9-8-25)30-19-7-5-4-6-18(19)27-3;1-6(2)7-3-4-8(9-5-7)13(10,11)12/h4-7,10-11,14-15,25H,8-9,12-13,23H2,1-3H3;3-6H,1-2H3,(H,10,11,12). The lowest BCUT2D eigenvalue weighted by atomic mass is 10.1. The van der Waals surface area contributed by atoms with Gasteiger partial charge in [0.05, 0.1) is 31.6 Å². The summed E-state index contributed by atoms with van der Waals surface area (Å²) in [7, 11) is -2.61. The molecule has 12 nitrogen and oxygen atoms in total. The Hall–Kier alpha value is -3.91. The fourth-order valence-electron chi connectivity index (χ4n) is 4.34. The van der Waals surface area contributed by atoms with Gasteiger partial charge in [-0.25, -0.2) is 4.98 Å². The number of para-hydroxylation sites is 2. The summed E-state index contributed by atoms with van der Waals surface area (Å²) in [5, 5.41) is 8.89. The van der Waals surface area contributed by atoms with Crippen LogP contribution in [0.15, 0.2) is 59.8 Å². The number of pyridine rings is 1. The van der Waals surface area contributed by atoms with E-state index in [0.29, 0.717) is 36.1 Å². The average molecular weight is 618 g/mol. The summed E-state index contributed by atoms with van der Waals surface area (Å²) in [4.78, 5) is 18.5. The number of aromatic nitrogens is 1. The van der Waals surface area contributed by atoms with E-state index in [9.17, 15) is 18.3 Å². The summed E-state index contributed by atoms with van der Waals surface area (Å²) in [5.41, 5.74) is 7.82. The van der Waals surface area contributed by atoms with Crippen molar-refractivity contribution in [2.24, 2.45) is 0 Å². The van der Waals surface area contributed by atoms with Gasteiger partial charge in [-0.05, 0) is 55.7 Å². The number of aliphatic hydroxyl groups excluding tert-OH is 1. The van der Waals surface area contributed by atoms with Crippen LogP contribution in [-0.4, -0.2) is 79.5 Å². The van der Waals surface area contributed by atoms with Crippen LogP contribution in [0.2, 0.25) is 0 Å². The summed E-state index contributed by atoms with van der Waals surface area (Å²) in [6.45, 7) is 8.66. The van der Waals surface area contributed by atoms with Crippen molar-refractivity contribution in [1.82, 2.24) is 9.88 Å². The predicted molar refractivity (Wildman–Crippen MR) is 161 cm³/mol. The average Bonchev–Trinajstić information content (AvgIpc) is 2.96. The largest absolute Gasteiger partial charge is 0.493 e. The molecule has 234 valence electrons. The second-order valence-corrected chi connectivity index (χ2v) is 11.6. The highest BCUT2D eigenvalue weighted by Crippen LogP contribution is 2.41. The molecule has 13 heteroatoms. The number of anilines is 1. The Balaban J connectivity index is 0.000000326. The van der Waals surface area contributed by atoms with Crippen molar-refractivity contribution in [2.45, 2.75) is 50.8 Å². The van der Waals surface area contributed by atoms with Crippen LogP contribution in [0.4, 0.5) is 5.69 Å². The molecule has 0 spiro atoms. The number of aliphatic hydroxyl groups is 1. The summed E-state index contributed by atoms with van der Waals surface area (Å²) >= 11 is 0. The summed E-state index contributed by atoms with van der Waals surface area (Å²) in [5.74, 6) is 1.64. The van der Waals surface area contributed by atoms with Gasteiger partial charge in [0.15, 0.2) is 28.0 Å². The lowest BCUT2D eigenvalue weighted by Crippen LogP contribution is -2.48. The maximum atomic E-state index is 13.1. The van der Waals surface area contributed by atoms with E-state index in [1.165, 1.54) is 12.3 Å². The lowest BCUT2D eigenvalue weighted by Gasteiger charge is -2.35. The van der Waals surface area contributed by atoms with Crippen molar-refractivity contribution >= 4 is 21.7 Å². The Morgan fingerprint density at radius 3 is 2.28 bits per heavy atom. The van der Waals surface area contributed by atoms with Crippen molar-refractivity contribution < 1.29 is 41.8 Å². The quantitative estimate of drug-likeness (QED) is 0.233. The fraction of sp³-hybridized carbons (Fsp3) is 0.400. The van der Waals surface area contributed by atoms with E-state index in [4.69, 9.17) is 29.2 Å². The highest BCUT2D eigenvalue weighted by atomic mass is 32.2. The third kappa shape index (κ3) is 9.29. The molecule has 0 saturated carbocycles. The molecule has 1 saturated heterocycles. The van der Waals surface area contributed by atoms with Gasteiger partial charge >= 0.3 is 10.1 Å². The minimum absolute atomic E-state index is 0.0327. The van der Waals surface area contributed by atoms with E-state index in [-0.39, 0.29) is 53.5 Å². The molecule has 0 bridgehead atoms. The summed E-state index contributed by atoms with van der Waals surface area (Å²) in [6.07, 6.45) is 1.36. The molecule has 4 rings (SSSR count). The summed E-state index contributed by atoms with van der Waals surface area (Å²) < 4.78 is 52.5. The normalized spacial score (nSPS) is 16.7. The van der Waals surface area contributed by atoms with Gasteiger partial charge in [-0.1, -0.05) is 32.0 Å². The Morgan fingerprint density at radius 1 is 1.09 bits per heavy atom. The number of hydrogen-bond donors (Lipinski definition) is 3. The van der Waals surface area contributed by atoms with Crippen molar-refractivity contribution in [3.05, 3.63) is 65.9 Å². The zero-order valence-corrected chi connectivity index (χ0v) is 25.7. The first-order valence-corrected chi connectivity index (χ1v) is 15.1. The molecule has 4 N–H and O–H groups in total. The monoisotopic (exact) mass is 617 g/mol. The fourth-order valence-corrected chi connectivity index (χ4v) is 4.77. The van der Waals surface area contributed by atoms with Crippen LogP contribution in [0.5, 0.6) is 23.0 Å². The number of nitrogens with zero attached hydrogens (tertiary/aromatic N) is 2. The van der Waals surface area contributed by atoms with E-state index in [0.717, 1.165) is 5.56 Å². The Morgan fingerprint density at radius 2 is 1.74 bits per heavy atom. The number of ether oxygens (including phenoxy) is 4. The van der Waals surface area contributed by atoms with Crippen molar-refractivity contribution in [1.29, 1.82) is 0 Å². The number of methoxy groups -OCH3 is 1. The molecular weight excluding hydrogens is 578 g/mol. The zero-order chi connectivity index (χ0) is 31.7.